The summed E-state index contributed by atoms with van der Waals surface area (Å²) in [4.78, 5) is 0. The van der Waals surface area contributed by atoms with Crippen LogP contribution in [0.4, 0.5) is 0 Å². The molecule has 0 unspecified atom stereocenters. The van der Waals surface area contributed by atoms with Crippen molar-refractivity contribution in [3.63, 3.8) is 0 Å². The molecule has 0 saturated carbocycles. The highest BCUT2D eigenvalue weighted by Gasteiger charge is 2.12. The Balaban J connectivity index is 3.13. The van der Waals surface area contributed by atoms with Gasteiger partial charge in [-0.3, -0.25) is 0 Å². The monoisotopic (exact) mass is 234 g/mol. The van der Waals surface area contributed by atoms with Gasteiger partial charge in [0.1, 0.15) is 0 Å². The second kappa shape index (κ2) is 4.87. The smallest absolute Gasteiger partial charge is 0.156 e. The van der Waals surface area contributed by atoms with Crippen LogP contribution in [0.1, 0.15) is 25.0 Å². The van der Waals surface area contributed by atoms with Crippen LogP contribution in [0.2, 0.25) is 10.0 Å². The van der Waals surface area contributed by atoms with Gasteiger partial charge < -0.3 is 9.84 Å². The quantitative estimate of drug-likeness (QED) is 0.869. The molecule has 0 aromatic heterocycles. The van der Waals surface area contributed by atoms with E-state index in [1.807, 2.05) is 6.92 Å². The maximum Gasteiger partial charge on any atom is 0.156 e. The number of benzene rings is 1. The lowest BCUT2D eigenvalue weighted by atomic mass is 10.1. The molecule has 0 spiro atoms. The zero-order valence-electron chi connectivity index (χ0n) is 8.05. The van der Waals surface area contributed by atoms with Crippen LogP contribution < -0.4 is 4.74 Å². The van der Waals surface area contributed by atoms with Crippen LogP contribution in [0.15, 0.2) is 12.1 Å². The van der Waals surface area contributed by atoms with E-state index >= 15 is 0 Å². The molecule has 0 aliphatic rings. The lowest BCUT2D eigenvalue weighted by Gasteiger charge is -2.12. The summed E-state index contributed by atoms with van der Waals surface area (Å²) in [5, 5.41) is 10.4. The molecule has 14 heavy (non-hydrogen) atoms. The molecule has 0 aliphatic heterocycles. The molecule has 1 aromatic rings. The fourth-order valence-corrected chi connectivity index (χ4v) is 1.86. The zero-order valence-corrected chi connectivity index (χ0v) is 9.56. The minimum Gasteiger partial charge on any atom is -0.494 e. The van der Waals surface area contributed by atoms with Gasteiger partial charge in [0.05, 0.1) is 23.3 Å². The number of rotatable bonds is 3. The Hall–Kier alpha value is -0.440. The molecular weight excluding hydrogens is 223 g/mol. The third kappa shape index (κ3) is 2.32. The predicted octanol–water partition coefficient (Wildman–Crippen LogP) is 3.45. The van der Waals surface area contributed by atoms with Gasteiger partial charge in [0, 0.05) is 0 Å². The summed E-state index contributed by atoms with van der Waals surface area (Å²) in [5.74, 6) is 0.445. The van der Waals surface area contributed by atoms with Gasteiger partial charge in [-0.05, 0) is 24.1 Å². The van der Waals surface area contributed by atoms with E-state index < -0.39 is 6.10 Å². The van der Waals surface area contributed by atoms with Crippen LogP contribution >= 0.6 is 23.2 Å². The number of aliphatic hydroxyl groups excluding tert-OH is 1. The maximum absolute atomic E-state index is 9.58. The van der Waals surface area contributed by atoms with Crippen LogP contribution in [0.5, 0.6) is 5.75 Å². The molecule has 1 aromatic carbocycles. The van der Waals surface area contributed by atoms with E-state index in [0.717, 1.165) is 0 Å². The number of methoxy groups -OCH3 is 1. The summed E-state index contributed by atoms with van der Waals surface area (Å²) in [6, 6.07) is 3.33. The second-order valence-corrected chi connectivity index (χ2v) is 3.76. The highest BCUT2D eigenvalue weighted by Crippen LogP contribution is 2.35. The molecule has 0 bridgehead atoms. The summed E-state index contributed by atoms with van der Waals surface area (Å²) < 4.78 is 5.00. The van der Waals surface area contributed by atoms with Gasteiger partial charge in [-0.1, -0.05) is 30.1 Å². The van der Waals surface area contributed by atoms with Crippen LogP contribution in [-0.2, 0) is 0 Å². The standard InChI is InChI=1S/C10H12Cl2O2/c1-3-9(13)6-4-7(11)10(14-2)8(12)5-6/h4-5,9,13H,3H2,1-2H3/t9-/m0/s1. The lowest BCUT2D eigenvalue weighted by molar-refractivity contribution is 0.173. The first-order valence-corrected chi connectivity index (χ1v) is 5.06. The largest absolute Gasteiger partial charge is 0.494 e. The average Bonchev–Trinajstić information content (AvgIpc) is 2.16. The van der Waals surface area contributed by atoms with Crippen molar-refractivity contribution in [1.82, 2.24) is 0 Å². The number of halogens is 2. The first-order valence-electron chi connectivity index (χ1n) is 4.31. The third-order valence-electron chi connectivity index (χ3n) is 2.00. The van der Waals surface area contributed by atoms with Gasteiger partial charge in [0.15, 0.2) is 5.75 Å². The van der Waals surface area contributed by atoms with E-state index in [0.29, 0.717) is 27.8 Å². The van der Waals surface area contributed by atoms with Crippen molar-refractivity contribution in [3.05, 3.63) is 27.7 Å². The van der Waals surface area contributed by atoms with Crippen molar-refractivity contribution in [2.45, 2.75) is 19.4 Å². The molecule has 1 rings (SSSR count). The second-order valence-electron chi connectivity index (χ2n) is 2.94. The van der Waals surface area contributed by atoms with E-state index in [-0.39, 0.29) is 0 Å². The molecule has 0 saturated heterocycles. The maximum atomic E-state index is 9.58. The third-order valence-corrected chi connectivity index (χ3v) is 2.56. The summed E-state index contributed by atoms with van der Waals surface area (Å²) in [5.41, 5.74) is 0.711. The van der Waals surface area contributed by atoms with E-state index in [2.05, 4.69) is 0 Å². The first-order chi connectivity index (χ1) is 6.60. The Morgan fingerprint density at radius 1 is 1.36 bits per heavy atom. The van der Waals surface area contributed by atoms with E-state index in [1.165, 1.54) is 7.11 Å². The lowest BCUT2D eigenvalue weighted by Crippen LogP contribution is -1.96. The minimum atomic E-state index is -0.532. The normalized spacial score (nSPS) is 12.6. The highest BCUT2D eigenvalue weighted by atomic mass is 35.5. The van der Waals surface area contributed by atoms with Crippen LogP contribution in [-0.4, -0.2) is 12.2 Å². The Morgan fingerprint density at radius 2 is 1.86 bits per heavy atom. The summed E-state index contributed by atoms with van der Waals surface area (Å²) >= 11 is 11.8. The molecule has 0 amide bonds. The van der Waals surface area contributed by atoms with Crippen LogP contribution in [0, 0.1) is 0 Å². The van der Waals surface area contributed by atoms with Gasteiger partial charge in [-0.25, -0.2) is 0 Å². The molecule has 1 N–H and O–H groups in total. The van der Waals surface area contributed by atoms with Gasteiger partial charge in [0.2, 0.25) is 0 Å². The van der Waals surface area contributed by atoms with Crippen molar-refractivity contribution >= 4 is 23.2 Å². The summed E-state index contributed by atoms with van der Waals surface area (Å²) in [6.45, 7) is 1.89. The summed E-state index contributed by atoms with van der Waals surface area (Å²) in [7, 11) is 1.50. The Labute approximate surface area is 93.4 Å². The highest BCUT2D eigenvalue weighted by molar-refractivity contribution is 6.37. The molecule has 0 heterocycles. The van der Waals surface area contributed by atoms with Gasteiger partial charge in [-0.2, -0.15) is 0 Å². The van der Waals surface area contributed by atoms with E-state index in [1.54, 1.807) is 12.1 Å². The molecule has 0 fully saturated rings. The number of ether oxygens (including phenoxy) is 1. The fraction of sp³-hybridized carbons (Fsp3) is 0.400. The number of aliphatic hydroxyl groups is 1. The van der Waals surface area contributed by atoms with Crippen LogP contribution in [0.25, 0.3) is 0 Å². The van der Waals surface area contributed by atoms with Gasteiger partial charge in [-0.15, -0.1) is 0 Å². The van der Waals surface area contributed by atoms with Crippen molar-refractivity contribution in [2.24, 2.45) is 0 Å². The Morgan fingerprint density at radius 3 is 2.21 bits per heavy atom. The van der Waals surface area contributed by atoms with E-state index in [4.69, 9.17) is 27.9 Å². The Bertz CT molecular complexity index is 303. The topological polar surface area (TPSA) is 29.5 Å². The Kier molecular flexibility index (Phi) is 4.05. The van der Waals surface area contributed by atoms with Crippen molar-refractivity contribution < 1.29 is 9.84 Å². The van der Waals surface area contributed by atoms with E-state index in [9.17, 15) is 5.11 Å². The van der Waals surface area contributed by atoms with Crippen molar-refractivity contribution in [2.75, 3.05) is 7.11 Å². The van der Waals surface area contributed by atoms with Gasteiger partial charge >= 0.3 is 0 Å². The molecule has 4 heteroatoms. The first kappa shape index (κ1) is 11.6. The zero-order chi connectivity index (χ0) is 10.7. The summed E-state index contributed by atoms with van der Waals surface area (Å²) in [6.07, 6.45) is 0.0924. The van der Waals surface area contributed by atoms with Crippen molar-refractivity contribution in [3.8, 4) is 5.75 Å². The number of hydrogen-bond donors (Lipinski definition) is 1. The molecular formula is C10H12Cl2O2. The van der Waals surface area contributed by atoms with Crippen LogP contribution in [0.3, 0.4) is 0 Å². The van der Waals surface area contributed by atoms with Crippen molar-refractivity contribution in [1.29, 1.82) is 0 Å². The molecule has 0 aliphatic carbocycles. The molecule has 0 radical (unpaired) electrons. The SMILES string of the molecule is CC[C@H](O)c1cc(Cl)c(OC)c(Cl)c1. The molecule has 78 valence electrons. The minimum absolute atomic E-state index is 0.419. The van der Waals surface area contributed by atoms with Gasteiger partial charge in [0.25, 0.3) is 0 Å². The average molecular weight is 235 g/mol. The predicted molar refractivity (Wildman–Crippen MR) is 58.3 cm³/mol. The fourth-order valence-electron chi connectivity index (χ4n) is 1.20. The molecule has 2 nitrogen and oxygen atoms in total. The molecule has 1 atom stereocenters. The number of hydrogen-bond acceptors (Lipinski definition) is 2.